The van der Waals surface area contributed by atoms with Crippen LogP contribution in [0.1, 0.15) is 36.0 Å². The van der Waals surface area contributed by atoms with Crippen molar-refractivity contribution in [3.05, 3.63) is 33.1 Å². The van der Waals surface area contributed by atoms with Gasteiger partial charge in [0.15, 0.2) is 0 Å². The molecule has 1 fully saturated rings. The van der Waals surface area contributed by atoms with Gasteiger partial charge >= 0.3 is 0 Å². The number of aromatic nitrogens is 1. The number of nitro groups is 1. The molecule has 2 atom stereocenters. The highest BCUT2D eigenvalue weighted by Gasteiger charge is 2.24. The zero-order valence-corrected chi connectivity index (χ0v) is 13.1. The van der Waals surface area contributed by atoms with Crippen molar-refractivity contribution in [3.63, 3.8) is 0 Å². The number of rotatable bonds is 4. The minimum absolute atomic E-state index is 0.0182. The predicted octanol–water partition coefficient (Wildman–Crippen LogP) is 3.05. The summed E-state index contributed by atoms with van der Waals surface area (Å²) < 4.78 is 0. The topological polar surface area (TPSA) is 85.1 Å². The molecule has 6 nitrogen and oxygen atoms in total. The van der Waals surface area contributed by atoms with Crippen LogP contribution in [0.5, 0.6) is 0 Å². The highest BCUT2D eigenvalue weighted by atomic mass is 35.5. The van der Waals surface area contributed by atoms with E-state index in [0.29, 0.717) is 5.25 Å². The molecule has 1 aliphatic rings. The van der Waals surface area contributed by atoms with E-state index in [1.54, 1.807) is 11.8 Å². The molecule has 0 radical (unpaired) electrons. The standard InChI is InChI=1S/C13H16ClN3O3S/c1-21-10-4-2-3-8(5-10)16-13(18)11-6-9(17(19)20)7-15-12(11)14/h6-8,10H,2-5H2,1H3,(H,16,18). The van der Waals surface area contributed by atoms with E-state index < -0.39 is 10.8 Å². The SMILES string of the molecule is CSC1CCCC(NC(=O)c2cc([N+](=O)[O-])cnc2Cl)C1. The summed E-state index contributed by atoms with van der Waals surface area (Å²) in [6.07, 6.45) is 7.17. The Morgan fingerprint density at radius 3 is 3.00 bits per heavy atom. The van der Waals surface area contributed by atoms with Gasteiger partial charge in [0.05, 0.1) is 10.5 Å². The number of amides is 1. The second-order valence-corrected chi connectivity index (χ2v) is 6.48. The molecule has 0 aromatic carbocycles. The van der Waals surface area contributed by atoms with E-state index >= 15 is 0 Å². The molecular formula is C13H16ClN3O3S. The average Bonchev–Trinajstić information content (AvgIpc) is 2.47. The third-order valence-corrected chi connectivity index (χ3v) is 4.97. The summed E-state index contributed by atoms with van der Waals surface area (Å²) in [5.41, 5.74) is -0.188. The van der Waals surface area contributed by atoms with Crippen molar-refractivity contribution in [3.8, 4) is 0 Å². The number of carbonyl (C=O) groups excluding carboxylic acids is 1. The summed E-state index contributed by atoms with van der Waals surface area (Å²) in [4.78, 5) is 26.1. The van der Waals surface area contributed by atoms with Crippen LogP contribution in [0.3, 0.4) is 0 Å². The van der Waals surface area contributed by atoms with Crippen LogP contribution in [0.2, 0.25) is 5.15 Å². The lowest BCUT2D eigenvalue weighted by Crippen LogP contribution is -2.39. The number of hydrogen-bond donors (Lipinski definition) is 1. The van der Waals surface area contributed by atoms with Crippen LogP contribution in [0.25, 0.3) is 0 Å². The Hall–Kier alpha value is -1.34. The maximum absolute atomic E-state index is 12.2. The zero-order chi connectivity index (χ0) is 15.4. The van der Waals surface area contributed by atoms with E-state index in [0.717, 1.165) is 31.9 Å². The molecular weight excluding hydrogens is 314 g/mol. The first kappa shape index (κ1) is 16.0. The van der Waals surface area contributed by atoms with Gasteiger partial charge in [-0.15, -0.1) is 0 Å². The van der Waals surface area contributed by atoms with E-state index in [2.05, 4.69) is 16.6 Å². The summed E-state index contributed by atoms with van der Waals surface area (Å²) in [6.45, 7) is 0. The van der Waals surface area contributed by atoms with E-state index in [4.69, 9.17) is 11.6 Å². The number of halogens is 1. The molecule has 21 heavy (non-hydrogen) atoms. The van der Waals surface area contributed by atoms with Crippen molar-refractivity contribution in [2.75, 3.05) is 6.26 Å². The molecule has 1 aliphatic carbocycles. The van der Waals surface area contributed by atoms with Crippen molar-refractivity contribution in [1.29, 1.82) is 0 Å². The minimum Gasteiger partial charge on any atom is -0.349 e. The van der Waals surface area contributed by atoms with Crippen molar-refractivity contribution < 1.29 is 9.72 Å². The van der Waals surface area contributed by atoms with Gasteiger partial charge in [-0.25, -0.2) is 4.98 Å². The lowest BCUT2D eigenvalue weighted by molar-refractivity contribution is -0.385. The van der Waals surface area contributed by atoms with Crippen LogP contribution in [0.15, 0.2) is 12.3 Å². The highest BCUT2D eigenvalue weighted by Crippen LogP contribution is 2.27. The van der Waals surface area contributed by atoms with Gasteiger partial charge in [-0.3, -0.25) is 14.9 Å². The molecule has 0 bridgehead atoms. The van der Waals surface area contributed by atoms with Crippen LogP contribution in [0.4, 0.5) is 5.69 Å². The minimum atomic E-state index is -0.593. The Kier molecular flexibility index (Phi) is 5.41. The van der Waals surface area contributed by atoms with Crippen LogP contribution in [0, 0.1) is 10.1 Å². The molecule has 1 aromatic rings. The fraction of sp³-hybridized carbons (Fsp3) is 0.538. The Labute approximate surface area is 131 Å². The summed E-state index contributed by atoms with van der Waals surface area (Å²) in [7, 11) is 0. The summed E-state index contributed by atoms with van der Waals surface area (Å²) in [5, 5.41) is 14.2. The lowest BCUT2D eigenvalue weighted by atomic mass is 9.94. The van der Waals surface area contributed by atoms with E-state index in [9.17, 15) is 14.9 Å². The van der Waals surface area contributed by atoms with E-state index in [1.165, 1.54) is 6.07 Å². The molecule has 114 valence electrons. The molecule has 8 heteroatoms. The van der Waals surface area contributed by atoms with E-state index in [1.807, 2.05) is 0 Å². The second-order valence-electron chi connectivity index (χ2n) is 4.98. The van der Waals surface area contributed by atoms with Crippen molar-refractivity contribution >= 4 is 35.0 Å². The molecule has 0 spiro atoms. The van der Waals surface area contributed by atoms with E-state index in [-0.39, 0.29) is 22.4 Å². The average molecular weight is 330 g/mol. The Morgan fingerprint density at radius 1 is 1.57 bits per heavy atom. The van der Waals surface area contributed by atoms with Gasteiger partial charge in [0, 0.05) is 17.4 Å². The number of hydrogen-bond acceptors (Lipinski definition) is 5. The molecule has 1 amide bonds. The molecule has 0 saturated heterocycles. The van der Waals surface area contributed by atoms with Crippen molar-refractivity contribution in [2.45, 2.75) is 37.0 Å². The van der Waals surface area contributed by atoms with Gasteiger partial charge in [0.1, 0.15) is 11.3 Å². The van der Waals surface area contributed by atoms with Crippen molar-refractivity contribution in [2.24, 2.45) is 0 Å². The number of thioether (sulfide) groups is 1. The van der Waals surface area contributed by atoms with Gasteiger partial charge in [0.2, 0.25) is 0 Å². The smallest absolute Gasteiger partial charge is 0.288 e. The van der Waals surface area contributed by atoms with Crippen LogP contribution in [-0.4, -0.2) is 33.4 Å². The monoisotopic (exact) mass is 329 g/mol. The van der Waals surface area contributed by atoms with Gasteiger partial charge in [-0.05, 0) is 25.5 Å². The van der Waals surface area contributed by atoms with Gasteiger partial charge in [-0.2, -0.15) is 11.8 Å². The number of nitrogens with zero attached hydrogens (tertiary/aromatic N) is 2. The van der Waals surface area contributed by atoms with Gasteiger partial charge < -0.3 is 5.32 Å². The highest BCUT2D eigenvalue weighted by molar-refractivity contribution is 7.99. The molecule has 1 aromatic heterocycles. The first-order valence-electron chi connectivity index (χ1n) is 6.65. The van der Waals surface area contributed by atoms with Crippen LogP contribution < -0.4 is 5.32 Å². The predicted molar refractivity (Wildman–Crippen MR) is 82.9 cm³/mol. The second kappa shape index (κ2) is 7.09. The largest absolute Gasteiger partial charge is 0.349 e. The quantitative estimate of drug-likeness (QED) is 0.521. The van der Waals surface area contributed by atoms with Gasteiger partial charge in [-0.1, -0.05) is 18.0 Å². The molecule has 2 unspecified atom stereocenters. The summed E-state index contributed by atoms with van der Waals surface area (Å²) in [5.74, 6) is -0.400. The maximum Gasteiger partial charge on any atom is 0.288 e. The van der Waals surface area contributed by atoms with Crippen molar-refractivity contribution in [1.82, 2.24) is 10.3 Å². The third kappa shape index (κ3) is 4.07. The Balaban J connectivity index is 2.09. The first-order chi connectivity index (χ1) is 10.0. The molecule has 2 rings (SSSR count). The first-order valence-corrected chi connectivity index (χ1v) is 8.31. The number of carbonyl (C=O) groups is 1. The molecule has 0 aliphatic heterocycles. The number of pyridine rings is 1. The van der Waals surface area contributed by atoms with Crippen LogP contribution >= 0.6 is 23.4 Å². The fourth-order valence-corrected chi connectivity index (χ4v) is 3.47. The Bertz CT molecular complexity index is 555. The maximum atomic E-state index is 12.2. The molecule has 1 heterocycles. The van der Waals surface area contributed by atoms with Gasteiger partial charge in [0.25, 0.3) is 11.6 Å². The summed E-state index contributed by atoms with van der Waals surface area (Å²) in [6, 6.07) is 1.25. The van der Waals surface area contributed by atoms with Crippen LogP contribution in [-0.2, 0) is 0 Å². The summed E-state index contributed by atoms with van der Waals surface area (Å²) >= 11 is 7.67. The lowest BCUT2D eigenvalue weighted by Gasteiger charge is -2.28. The molecule has 1 N–H and O–H groups in total. The zero-order valence-electron chi connectivity index (χ0n) is 11.5. The normalized spacial score (nSPS) is 21.8. The fourth-order valence-electron chi connectivity index (χ4n) is 2.45. The molecule has 1 saturated carbocycles. The Morgan fingerprint density at radius 2 is 2.33 bits per heavy atom. The number of nitrogens with one attached hydrogen (secondary N) is 1. The third-order valence-electron chi connectivity index (χ3n) is 3.57.